The molecule has 0 heterocycles. The number of nitriles is 1. The van der Waals surface area contributed by atoms with Crippen LogP contribution in [0.15, 0.2) is 42.5 Å². The Hall–Kier alpha value is -2.32. The smallest absolute Gasteiger partial charge is 0.387 e. The summed E-state index contributed by atoms with van der Waals surface area (Å²) in [6.07, 6.45) is 0. The van der Waals surface area contributed by atoms with E-state index in [1.165, 1.54) is 12.1 Å². The topological polar surface area (TPSA) is 45.0 Å². The van der Waals surface area contributed by atoms with E-state index in [2.05, 4.69) is 10.1 Å². The molecule has 0 amide bonds. The first-order chi connectivity index (χ1) is 10.1. The molecule has 2 aromatic rings. The lowest BCUT2D eigenvalue weighted by molar-refractivity contribution is -0.0497. The first kappa shape index (κ1) is 15.1. The van der Waals surface area contributed by atoms with E-state index in [0.717, 1.165) is 5.56 Å². The maximum atomic E-state index is 12.1. The molecule has 108 valence electrons. The van der Waals surface area contributed by atoms with Gasteiger partial charge in [-0.25, -0.2) is 0 Å². The Morgan fingerprint density at radius 2 is 1.90 bits per heavy atom. The van der Waals surface area contributed by atoms with E-state index in [1.54, 1.807) is 18.2 Å². The molecule has 2 aromatic carbocycles. The fraction of sp³-hybridized carbons (Fsp3) is 0.133. The lowest BCUT2D eigenvalue weighted by atomic mass is 10.1. The summed E-state index contributed by atoms with van der Waals surface area (Å²) in [4.78, 5) is 0. The lowest BCUT2D eigenvalue weighted by Crippen LogP contribution is -2.03. The number of nitrogens with zero attached hydrogens (tertiary/aromatic N) is 1. The maximum absolute atomic E-state index is 12.1. The second-order valence-electron chi connectivity index (χ2n) is 4.19. The van der Waals surface area contributed by atoms with Gasteiger partial charge in [0.05, 0.1) is 16.7 Å². The molecule has 0 unspecified atom stereocenters. The van der Waals surface area contributed by atoms with E-state index in [1.807, 2.05) is 18.2 Å². The third kappa shape index (κ3) is 4.33. The Bertz CT molecular complexity index is 654. The highest BCUT2D eigenvalue weighted by molar-refractivity contribution is 6.32. The van der Waals surface area contributed by atoms with Crippen LogP contribution in [0.25, 0.3) is 0 Å². The van der Waals surface area contributed by atoms with Gasteiger partial charge in [0.15, 0.2) is 0 Å². The van der Waals surface area contributed by atoms with Gasteiger partial charge in [0.25, 0.3) is 0 Å². The number of hydrogen-bond donors (Lipinski definition) is 1. The molecule has 0 fully saturated rings. The normalized spacial score (nSPS) is 10.2. The SMILES string of the molecule is N#Cc1ccc(CNc2ccc(OC(F)F)c(Cl)c2)cc1. The zero-order valence-corrected chi connectivity index (χ0v) is 11.6. The lowest BCUT2D eigenvalue weighted by Gasteiger charge is -2.10. The molecule has 1 N–H and O–H groups in total. The van der Waals surface area contributed by atoms with Crippen molar-refractivity contribution >= 4 is 17.3 Å². The fourth-order valence-electron chi connectivity index (χ4n) is 1.70. The number of ether oxygens (including phenoxy) is 1. The number of halogens is 3. The van der Waals surface area contributed by atoms with Crippen LogP contribution in [0.5, 0.6) is 5.75 Å². The van der Waals surface area contributed by atoms with E-state index < -0.39 is 6.61 Å². The van der Waals surface area contributed by atoms with Crippen LogP contribution in [0.4, 0.5) is 14.5 Å². The summed E-state index contributed by atoms with van der Waals surface area (Å²) in [5.41, 5.74) is 2.26. The summed E-state index contributed by atoms with van der Waals surface area (Å²) in [5, 5.41) is 11.9. The quantitative estimate of drug-likeness (QED) is 0.889. The summed E-state index contributed by atoms with van der Waals surface area (Å²) in [7, 11) is 0. The van der Waals surface area contributed by atoms with Gasteiger partial charge in [-0.05, 0) is 35.9 Å². The van der Waals surface area contributed by atoms with Crippen molar-refractivity contribution < 1.29 is 13.5 Å². The molecule has 21 heavy (non-hydrogen) atoms. The molecule has 6 heteroatoms. The van der Waals surface area contributed by atoms with Gasteiger partial charge in [0, 0.05) is 12.2 Å². The van der Waals surface area contributed by atoms with Crippen LogP contribution < -0.4 is 10.1 Å². The summed E-state index contributed by atoms with van der Waals surface area (Å²) < 4.78 is 28.5. The average Bonchev–Trinajstić information content (AvgIpc) is 2.48. The van der Waals surface area contributed by atoms with Crippen LogP contribution in [0.1, 0.15) is 11.1 Å². The molecular formula is C15H11ClF2N2O. The van der Waals surface area contributed by atoms with Crippen molar-refractivity contribution in [2.45, 2.75) is 13.2 Å². The highest BCUT2D eigenvalue weighted by Gasteiger charge is 2.08. The molecule has 0 saturated carbocycles. The van der Waals surface area contributed by atoms with Gasteiger partial charge in [-0.2, -0.15) is 14.0 Å². The van der Waals surface area contributed by atoms with E-state index in [4.69, 9.17) is 16.9 Å². The third-order valence-electron chi connectivity index (χ3n) is 2.73. The summed E-state index contributed by atoms with van der Waals surface area (Å²) in [5.74, 6) is -0.0596. The standard InChI is InChI=1S/C15H11ClF2N2O/c16-13-7-12(5-6-14(13)21-15(17)18)20-9-11-3-1-10(8-19)2-4-11/h1-7,15,20H,9H2. The highest BCUT2D eigenvalue weighted by atomic mass is 35.5. The van der Waals surface area contributed by atoms with Crippen LogP contribution in [0.3, 0.4) is 0 Å². The monoisotopic (exact) mass is 308 g/mol. The number of nitrogens with one attached hydrogen (secondary N) is 1. The second kappa shape index (κ2) is 6.91. The minimum absolute atomic E-state index is 0.0596. The van der Waals surface area contributed by atoms with Gasteiger partial charge in [0.2, 0.25) is 0 Å². The predicted molar refractivity (Wildman–Crippen MR) is 76.6 cm³/mol. The van der Waals surface area contributed by atoms with Crippen molar-refractivity contribution in [3.05, 3.63) is 58.6 Å². The van der Waals surface area contributed by atoms with Crippen LogP contribution in [-0.2, 0) is 6.54 Å². The Morgan fingerprint density at radius 1 is 1.19 bits per heavy atom. The molecule has 0 spiro atoms. The molecule has 3 nitrogen and oxygen atoms in total. The highest BCUT2D eigenvalue weighted by Crippen LogP contribution is 2.29. The third-order valence-corrected chi connectivity index (χ3v) is 3.02. The van der Waals surface area contributed by atoms with Gasteiger partial charge in [-0.15, -0.1) is 0 Å². The number of rotatable bonds is 5. The zero-order chi connectivity index (χ0) is 15.2. The molecule has 0 radical (unpaired) electrons. The molecule has 0 atom stereocenters. The molecule has 0 aliphatic heterocycles. The first-order valence-electron chi connectivity index (χ1n) is 6.06. The minimum Gasteiger partial charge on any atom is -0.433 e. The number of alkyl halides is 2. The Morgan fingerprint density at radius 3 is 2.48 bits per heavy atom. The maximum Gasteiger partial charge on any atom is 0.387 e. The van der Waals surface area contributed by atoms with Crippen molar-refractivity contribution in [3.8, 4) is 11.8 Å². The predicted octanol–water partition coefficient (Wildman–Crippen LogP) is 4.43. The Labute approximate surface area is 125 Å². The van der Waals surface area contributed by atoms with E-state index in [9.17, 15) is 8.78 Å². The van der Waals surface area contributed by atoms with Crippen LogP contribution in [0.2, 0.25) is 5.02 Å². The van der Waals surface area contributed by atoms with E-state index >= 15 is 0 Å². The van der Waals surface area contributed by atoms with Gasteiger partial charge < -0.3 is 10.1 Å². The van der Waals surface area contributed by atoms with Crippen molar-refractivity contribution in [2.24, 2.45) is 0 Å². The molecule has 0 aromatic heterocycles. The molecule has 2 rings (SSSR count). The van der Waals surface area contributed by atoms with E-state index in [-0.39, 0.29) is 10.8 Å². The van der Waals surface area contributed by atoms with Crippen LogP contribution >= 0.6 is 11.6 Å². The van der Waals surface area contributed by atoms with E-state index in [0.29, 0.717) is 17.8 Å². The molecule has 0 aliphatic rings. The molecule has 0 bridgehead atoms. The van der Waals surface area contributed by atoms with Crippen LogP contribution in [0, 0.1) is 11.3 Å². The first-order valence-corrected chi connectivity index (χ1v) is 6.43. The molecule has 0 aliphatic carbocycles. The summed E-state index contributed by atoms with van der Waals surface area (Å²) >= 11 is 5.86. The largest absolute Gasteiger partial charge is 0.433 e. The fourth-order valence-corrected chi connectivity index (χ4v) is 1.93. The van der Waals surface area contributed by atoms with Gasteiger partial charge in [-0.3, -0.25) is 0 Å². The van der Waals surface area contributed by atoms with Gasteiger partial charge in [0.1, 0.15) is 5.75 Å². The van der Waals surface area contributed by atoms with Crippen molar-refractivity contribution in [1.82, 2.24) is 0 Å². The zero-order valence-electron chi connectivity index (χ0n) is 10.8. The molecule has 0 saturated heterocycles. The van der Waals surface area contributed by atoms with Crippen molar-refractivity contribution in [2.75, 3.05) is 5.32 Å². The number of hydrogen-bond acceptors (Lipinski definition) is 3. The van der Waals surface area contributed by atoms with Gasteiger partial charge >= 0.3 is 6.61 Å². The minimum atomic E-state index is -2.90. The number of benzene rings is 2. The second-order valence-corrected chi connectivity index (χ2v) is 4.59. The molecular weight excluding hydrogens is 298 g/mol. The summed E-state index contributed by atoms with van der Waals surface area (Å²) in [6.45, 7) is -2.38. The van der Waals surface area contributed by atoms with Crippen molar-refractivity contribution in [3.63, 3.8) is 0 Å². The van der Waals surface area contributed by atoms with Gasteiger partial charge in [-0.1, -0.05) is 23.7 Å². The average molecular weight is 309 g/mol. The summed E-state index contributed by atoms with van der Waals surface area (Å²) in [6, 6.07) is 13.7. The Kier molecular flexibility index (Phi) is 4.96. The number of anilines is 1. The van der Waals surface area contributed by atoms with Crippen molar-refractivity contribution in [1.29, 1.82) is 5.26 Å². The van der Waals surface area contributed by atoms with Crippen LogP contribution in [-0.4, -0.2) is 6.61 Å². The Balaban J connectivity index is 2.00.